The number of aliphatic hydroxyl groups excluding tert-OH is 1. The van der Waals surface area contributed by atoms with Crippen LogP contribution in [0.1, 0.15) is 44.8 Å². The van der Waals surface area contributed by atoms with Gasteiger partial charge >= 0.3 is 0 Å². The Morgan fingerprint density at radius 1 is 1.47 bits per heavy atom. The highest BCUT2D eigenvalue weighted by Gasteiger charge is 2.35. The third-order valence-electron chi connectivity index (χ3n) is 3.04. The van der Waals surface area contributed by atoms with Crippen molar-refractivity contribution in [2.24, 2.45) is 0 Å². The molecule has 1 aliphatic heterocycles. The Kier molecular flexibility index (Phi) is 2.70. The second kappa shape index (κ2) is 3.86. The SMILES string of the molecule is CCCC1(C)CC(O)c2ccccc2O1. The highest BCUT2D eigenvalue weighted by Crippen LogP contribution is 2.41. The van der Waals surface area contributed by atoms with Crippen LogP contribution in [0.15, 0.2) is 24.3 Å². The maximum atomic E-state index is 10.0. The van der Waals surface area contributed by atoms with Gasteiger partial charge in [0, 0.05) is 12.0 Å². The van der Waals surface area contributed by atoms with E-state index < -0.39 is 0 Å². The largest absolute Gasteiger partial charge is 0.487 e. The van der Waals surface area contributed by atoms with Gasteiger partial charge in [0.25, 0.3) is 0 Å². The first-order chi connectivity index (χ1) is 7.14. The summed E-state index contributed by atoms with van der Waals surface area (Å²) < 4.78 is 5.97. The summed E-state index contributed by atoms with van der Waals surface area (Å²) in [5, 5.41) is 10.0. The monoisotopic (exact) mass is 206 g/mol. The molecule has 2 heteroatoms. The van der Waals surface area contributed by atoms with Gasteiger partial charge in [0.1, 0.15) is 11.4 Å². The minimum Gasteiger partial charge on any atom is -0.487 e. The van der Waals surface area contributed by atoms with Crippen LogP contribution in [0.4, 0.5) is 0 Å². The fraction of sp³-hybridized carbons (Fsp3) is 0.538. The van der Waals surface area contributed by atoms with Gasteiger partial charge in [-0.05, 0) is 19.4 Å². The fourth-order valence-electron chi connectivity index (χ4n) is 2.36. The molecular formula is C13H18O2. The van der Waals surface area contributed by atoms with Crippen molar-refractivity contribution in [3.05, 3.63) is 29.8 Å². The van der Waals surface area contributed by atoms with Gasteiger partial charge in [0.05, 0.1) is 6.10 Å². The molecule has 0 bridgehead atoms. The Balaban J connectivity index is 2.29. The lowest BCUT2D eigenvalue weighted by Crippen LogP contribution is -2.37. The van der Waals surface area contributed by atoms with E-state index >= 15 is 0 Å². The Bertz CT molecular complexity index is 348. The molecule has 1 heterocycles. The second-order valence-corrected chi connectivity index (χ2v) is 4.56. The lowest BCUT2D eigenvalue weighted by atomic mass is 9.87. The fourth-order valence-corrected chi connectivity index (χ4v) is 2.36. The first-order valence-corrected chi connectivity index (χ1v) is 5.60. The van der Waals surface area contributed by atoms with E-state index in [1.807, 2.05) is 24.3 Å². The number of para-hydroxylation sites is 1. The predicted molar refractivity (Wildman–Crippen MR) is 60.0 cm³/mol. The summed E-state index contributed by atoms with van der Waals surface area (Å²) in [6.07, 6.45) is 2.37. The lowest BCUT2D eigenvalue weighted by Gasteiger charge is -2.38. The number of ether oxygens (including phenoxy) is 1. The van der Waals surface area contributed by atoms with Crippen LogP contribution in [0.25, 0.3) is 0 Å². The highest BCUT2D eigenvalue weighted by molar-refractivity contribution is 5.37. The van der Waals surface area contributed by atoms with Gasteiger partial charge in [-0.15, -0.1) is 0 Å². The minimum absolute atomic E-state index is 0.206. The summed E-state index contributed by atoms with van der Waals surface area (Å²) in [6, 6.07) is 7.76. The molecule has 0 fully saturated rings. The number of aliphatic hydroxyl groups is 1. The zero-order chi connectivity index (χ0) is 10.9. The van der Waals surface area contributed by atoms with Gasteiger partial charge < -0.3 is 9.84 Å². The van der Waals surface area contributed by atoms with Crippen molar-refractivity contribution in [3.8, 4) is 5.75 Å². The maximum absolute atomic E-state index is 10.0. The molecule has 82 valence electrons. The summed E-state index contributed by atoms with van der Waals surface area (Å²) in [4.78, 5) is 0. The van der Waals surface area contributed by atoms with Crippen molar-refractivity contribution in [1.29, 1.82) is 0 Å². The molecule has 15 heavy (non-hydrogen) atoms. The summed E-state index contributed by atoms with van der Waals surface area (Å²) in [6.45, 7) is 4.22. The molecule has 1 N–H and O–H groups in total. The Hall–Kier alpha value is -1.02. The zero-order valence-corrected chi connectivity index (χ0v) is 9.36. The van der Waals surface area contributed by atoms with Crippen LogP contribution in [0, 0.1) is 0 Å². The van der Waals surface area contributed by atoms with Crippen LogP contribution in [-0.4, -0.2) is 10.7 Å². The Labute approximate surface area is 90.9 Å². The third kappa shape index (κ3) is 2.00. The van der Waals surface area contributed by atoms with E-state index in [2.05, 4.69) is 13.8 Å². The number of hydrogen-bond donors (Lipinski definition) is 1. The maximum Gasteiger partial charge on any atom is 0.125 e. The molecule has 0 aliphatic carbocycles. The first-order valence-electron chi connectivity index (χ1n) is 5.60. The molecule has 2 atom stereocenters. The number of benzene rings is 1. The smallest absolute Gasteiger partial charge is 0.125 e. The van der Waals surface area contributed by atoms with E-state index in [1.54, 1.807) is 0 Å². The van der Waals surface area contributed by atoms with Gasteiger partial charge in [-0.25, -0.2) is 0 Å². The molecule has 2 nitrogen and oxygen atoms in total. The molecule has 0 aromatic heterocycles. The number of hydrogen-bond acceptors (Lipinski definition) is 2. The minimum atomic E-state index is -0.383. The average Bonchev–Trinajstić information content (AvgIpc) is 2.17. The van der Waals surface area contributed by atoms with Gasteiger partial charge in [-0.1, -0.05) is 31.5 Å². The molecule has 1 aromatic rings. The van der Waals surface area contributed by atoms with Gasteiger partial charge in [0.15, 0.2) is 0 Å². The first kappa shape index (κ1) is 10.5. The van der Waals surface area contributed by atoms with Crippen LogP contribution in [-0.2, 0) is 0 Å². The van der Waals surface area contributed by atoms with E-state index in [4.69, 9.17) is 4.74 Å². The zero-order valence-electron chi connectivity index (χ0n) is 9.36. The van der Waals surface area contributed by atoms with E-state index in [1.165, 1.54) is 0 Å². The molecule has 0 saturated carbocycles. The van der Waals surface area contributed by atoms with Crippen molar-refractivity contribution in [1.82, 2.24) is 0 Å². The van der Waals surface area contributed by atoms with Crippen LogP contribution in [0.2, 0.25) is 0 Å². The molecule has 2 rings (SSSR count). The molecular weight excluding hydrogens is 188 g/mol. The van der Waals surface area contributed by atoms with Crippen molar-refractivity contribution < 1.29 is 9.84 Å². The van der Waals surface area contributed by atoms with E-state index in [0.29, 0.717) is 6.42 Å². The van der Waals surface area contributed by atoms with Crippen LogP contribution >= 0.6 is 0 Å². The Morgan fingerprint density at radius 3 is 2.93 bits per heavy atom. The average molecular weight is 206 g/mol. The van der Waals surface area contributed by atoms with Crippen molar-refractivity contribution in [2.45, 2.75) is 44.8 Å². The van der Waals surface area contributed by atoms with Crippen LogP contribution in [0.3, 0.4) is 0 Å². The molecule has 0 saturated heterocycles. The number of rotatable bonds is 2. The Morgan fingerprint density at radius 2 is 2.20 bits per heavy atom. The summed E-state index contributed by atoms with van der Waals surface area (Å²) in [7, 11) is 0. The van der Waals surface area contributed by atoms with E-state index in [-0.39, 0.29) is 11.7 Å². The normalized spacial score (nSPS) is 29.4. The molecule has 0 radical (unpaired) electrons. The summed E-state index contributed by atoms with van der Waals surface area (Å²) in [5.41, 5.74) is 0.716. The van der Waals surface area contributed by atoms with Crippen LogP contribution in [0.5, 0.6) is 5.75 Å². The van der Waals surface area contributed by atoms with Crippen molar-refractivity contribution in [3.63, 3.8) is 0 Å². The standard InChI is InChI=1S/C13H18O2/c1-3-8-13(2)9-11(14)10-6-4-5-7-12(10)15-13/h4-7,11,14H,3,8-9H2,1-2H3. The third-order valence-corrected chi connectivity index (χ3v) is 3.04. The molecule has 1 aliphatic rings. The number of fused-ring (bicyclic) bond motifs is 1. The lowest BCUT2D eigenvalue weighted by molar-refractivity contribution is -0.00732. The van der Waals surface area contributed by atoms with Gasteiger partial charge in [0.2, 0.25) is 0 Å². The van der Waals surface area contributed by atoms with Crippen molar-refractivity contribution >= 4 is 0 Å². The summed E-state index contributed by atoms with van der Waals surface area (Å²) >= 11 is 0. The summed E-state index contributed by atoms with van der Waals surface area (Å²) in [5.74, 6) is 0.840. The highest BCUT2D eigenvalue weighted by atomic mass is 16.5. The predicted octanol–water partition coefficient (Wildman–Crippen LogP) is 3.06. The van der Waals surface area contributed by atoms with E-state index in [9.17, 15) is 5.11 Å². The topological polar surface area (TPSA) is 29.5 Å². The van der Waals surface area contributed by atoms with Crippen LogP contribution < -0.4 is 4.74 Å². The quantitative estimate of drug-likeness (QED) is 0.805. The molecule has 2 unspecified atom stereocenters. The second-order valence-electron chi connectivity index (χ2n) is 4.56. The van der Waals surface area contributed by atoms with Gasteiger partial charge in [-0.2, -0.15) is 0 Å². The molecule has 0 spiro atoms. The molecule has 0 amide bonds. The van der Waals surface area contributed by atoms with E-state index in [0.717, 1.165) is 24.2 Å². The van der Waals surface area contributed by atoms with Crippen molar-refractivity contribution in [2.75, 3.05) is 0 Å². The molecule has 1 aromatic carbocycles. The van der Waals surface area contributed by atoms with Gasteiger partial charge in [-0.3, -0.25) is 0 Å².